The summed E-state index contributed by atoms with van der Waals surface area (Å²) < 4.78 is 7.86. The van der Waals surface area contributed by atoms with Gasteiger partial charge in [-0.1, -0.05) is 18.7 Å². The molecule has 0 saturated carbocycles. The second kappa shape index (κ2) is 9.39. The number of hydrogen-bond acceptors (Lipinski definition) is 5. The van der Waals surface area contributed by atoms with Crippen molar-refractivity contribution in [3.05, 3.63) is 36.0 Å². The SMILES string of the molecule is CC1CCN(C[C@H]2CCCN(C(=O)c3ccc(CSc4nccn4C)o3)C2)CC1. The van der Waals surface area contributed by atoms with E-state index in [4.69, 9.17) is 4.42 Å². The summed E-state index contributed by atoms with van der Waals surface area (Å²) in [5, 5.41) is 0.945. The molecule has 4 heterocycles. The van der Waals surface area contributed by atoms with E-state index in [1.807, 2.05) is 34.8 Å². The molecule has 0 bridgehead atoms. The van der Waals surface area contributed by atoms with Crippen molar-refractivity contribution in [1.82, 2.24) is 19.4 Å². The van der Waals surface area contributed by atoms with Crippen molar-refractivity contribution < 1.29 is 9.21 Å². The Morgan fingerprint density at radius 3 is 2.83 bits per heavy atom. The van der Waals surface area contributed by atoms with Crippen molar-refractivity contribution in [2.75, 3.05) is 32.7 Å². The van der Waals surface area contributed by atoms with Gasteiger partial charge in [0, 0.05) is 39.1 Å². The molecule has 2 fully saturated rings. The van der Waals surface area contributed by atoms with E-state index in [-0.39, 0.29) is 5.91 Å². The quantitative estimate of drug-likeness (QED) is 0.669. The zero-order chi connectivity index (χ0) is 20.2. The molecule has 0 aromatic carbocycles. The summed E-state index contributed by atoms with van der Waals surface area (Å²) in [4.78, 5) is 21.9. The van der Waals surface area contributed by atoms with E-state index in [1.165, 1.54) is 32.4 Å². The fraction of sp³-hybridized carbons (Fsp3) is 0.636. The van der Waals surface area contributed by atoms with Gasteiger partial charge in [-0.05, 0) is 62.7 Å². The van der Waals surface area contributed by atoms with E-state index >= 15 is 0 Å². The van der Waals surface area contributed by atoms with E-state index in [0.717, 1.165) is 42.9 Å². The standard InChI is InChI=1S/C22H32N4O2S/c1-17-7-11-25(12-8-17)14-18-4-3-10-26(15-18)21(27)20-6-5-19(28-20)16-29-22-23-9-13-24(22)2/h5-6,9,13,17-18H,3-4,7-8,10-12,14-16H2,1-2H3/t18-/m1/s1. The van der Waals surface area contributed by atoms with Gasteiger partial charge in [0.05, 0.1) is 5.75 Å². The Morgan fingerprint density at radius 1 is 1.24 bits per heavy atom. The first kappa shape index (κ1) is 20.5. The lowest BCUT2D eigenvalue weighted by Gasteiger charge is -2.37. The third-order valence-electron chi connectivity index (χ3n) is 6.19. The maximum atomic E-state index is 13.0. The van der Waals surface area contributed by atoms with Crippen LogP contribution in [-0.4, -0.2) is 58.0 Å². The Morgan fingerprint density at radius 2 is 2.07 bits per heavy atom. The number of piperidine rings is 2. The van der Waals surface area contributed by atoms with Gasteiger partial charge in [0.1, 0.15) is 5.76 Å². The van der Waals surface area contributed by atoms with Gasteiger partial charge in [-0.15, -0.1) is 0 Å². The largest absolute Gasteiger partial charge is 0.455 e. The number of rotatable bonds is 6. The van der Waals surface area contributed by atoms with Crippen LogP contribution in [-0.2, 0) is 12.8 Å². The fourth-order valence-corrected chi connectivity index (χ4v) is 5.19. The van der Waals surface area contributed by atoms with E-state index in [1.54, 1.807) is 18.0 Å². The molecular formula is C22H32N4O2S. The third kappa shape index (κ3) is 5.25. The fourth-order valence-electron chi connectivity index (χ4n) is 4.36. The van der Waals surface area contributed by atoms with Gasteiger partial charge in [0.15, 0.2) is 10.9 Å². The number of furan rings is 1. The summed E-state index contributed by atoms with van der Waals surface area (Å²) in [5.74, 6) is 3.43. The molecule has 4 rings (SSSR count). The highest BCUT2D eigenvalue weighted by molar-refractivity contribution is 7.98. The Balaban J connectivity index is 1.29. The molecule has 29 heavy (non-hydrogen) atoms. The second-order valence-electron chi connectivity index (χ2n) is 8.62. The van der Waals surface area contributed by atoms with E-state index in [2.05, 4.69) is 16.8 Å². The van der Waals surface area contributed by atoms with Crippen LogP contribution >= 0.6 is 11.8 Å². The molecule has 1 amide bonds. The summed E-state index contributed by atoms with van der Waals surface area (Å²) in [6.07, 6.45) is 8.64. The summed E-state index contributed by atoms with van der Waals surface area (Å²) >= 11 is 1.62. The van der Waals surface area contributed by atoms with Crippen molar-refractivity contribution in [1.29, 1.82) is 0 Å². The normalized spacial score (nSPS) is 21.6. The monoisotopic (exact) mass is 416 g/mol. The number of amides is 1. The van der Waals surface area contributed by atoms with Gasteiger partial charge in [-0.3, -0.25) is 4.79 Å². The van der Waals surface area contributed by atoms with Crippen LogP contribution in [0.15, 0.2) is 34.1 Å². The number of imidazole rings is 1. The van der Waals surface area contributed by atoms with Crippen molar-refractivity contribution in [3.63, 3.8) is 0 Å². The lowest BCUT2D eigenvalue weighted by Crippen LogP contribution is -2.45. The molecule has 2 aliphatic rings. The van der Waals surface area contributed by atoms with Gasteiger partial charge < -0.3 is 18.8 Å². The number of aryl methyl sites for hydroxylation is 1. The lowest BCUT2D eigenvalue weighted by molar-refractivity contribution is 0.0591. The minimum Gasteiger partial charge on any atom is -0.455 e. The Bertz CT molecular complexity index is 809. The van der Waals surface area contributed by atoms with Crippen LogP contribution in [0.1, 0.15) is 48.9 Å². The maximum absolute atomic E-state index is 13.0. The summed E-state index contributed by atoms with van der Waals surface area (Å²) in [5.41, 5.74) is 0. The first-order chi connectivity index (χ1) is 14.1. The smallest absolute Gasteiger partial charge is 0.289 e. The van der Waals surface area contributed by atoms with Crippen molar-refractivity contribution in [2.24, 2.45) is 18.9 Å². The van der Waals surface area contributed by atoms with Crippen LogP contribution in [0.4, 0.5) is 0 Å². The minimum atomic E-state index is 0.0372. The van der Waals surface area contributed by atoms with E-state index in [9.17, 15) is 4.79 Å². The van der Waals surface area contributed by atoms with Gasteiger partial charge in [0.2, 0.25) is 0 Å². The molecule has 0 N–H and O–H groups in total. The van der Waals surface area contributed by atoms with Gasteiger partial charge in [-0.25, -0.2) is 4.98 Å². The summed E-state index contributed by atoms with van der Waals surface area (Å²) in [6, 6.07) is 3.74. The average molecular weight is 417 g/mol. The van der Waals surface area contributed by atoms with Crippen LogP contribution in [0.3, 0.4) is 0 Å². The topological polar surface area (TPSA) is 54.5 Å². The van der Waals surface area contributed by atoms with Crippen LogP contribution in [0.5, 0.6) is 0 Å². The second-order valence-corrected chi connectivity index (χ2v) is 9.56. The number of carbonyl (C=O) groups excluding carboxylic acids is 1. The molecule has 2 aliphatic heterocycles. The van der Waals surface area contributed by atoms with Crippen molar-refractivity contribution in [3.8, 4) is 0 Å². The Labute approximate surface area is 177 Å². The van der Waals surface area contributed by atoms with Crippen LogP contribution < -0.4 is 0 Å². The zero-order valence-electron chi connectivity index (χ0n) is 17.5. The highest BCUT2D eigenvalue weighted by Gasteiger charge is 2.28. The molecule has 2 aromatic rings. The zero-order valence-corrected chi connectivity index (χ0v) is 18.4. The first-order valence-electron chi connectivity index (χ1n) is 10.8. The van der Waals surface area contributed by atoms with Gasteiger partial charge >= 0.3 is 0 Å². The number of hydrogen-bond donors (Lipinski definition) is 0. The molecule has 0 aliphatic carbocycles. The summed E-state index contributed by atoms with van der Waals surface area (Å²) in [6.45, 7) is 7.58. The number of aromatic nitrogens is 2. The molecule has 1 atom stereocenters. The van der Waals surface area contributed by atoms with Crippen molar-refractivity contribution >= 4 is 17.7 Å². The molecule has 6 nitrogen and oxygen atoms in total. The predicted octanol–water partition coefficient (Wildman–Crippen LogP) is 3.89. The molecule has 2 saturated heterocycles. The van der Waals surface area contributed by atoms with E-state index in [0.29, 0.717) is 17.4 Å². The van der Waals surface area contributed by atoms with Gasteiger partial charge in [-0.2, -0.15) is 0 Å². The molecular weight excluding hydrogens is 384 g/mol. The maximum Gasteiger partial charge on any atom is 0.289 e. The van der Waals surface area contributed by atoms with Crippen LogP contribution in [0.2, 0.25) is 0 Å². The highest BCUT2D eigenvalue weighted by atomic mass is 32.2. The highest BCUT2D eigenvalue weighted by Crippen LogP contribution is 2.25. The molecule has 0 radical (unpaired) electrons. The molecule has 2 aromatic heterocycles. The molecule has 0 unspecified atom stereocenters. The van der Waals surface area contributed by atoms with Crippen LogP contribution in [0.25, 0.3) is 0 Å². The van der Waals surface area contributed by atoms with Crippen molar-refractivity contribution in [2.45, 2.75) is 43.5 Å². The lowest BCUT2D eigenvalue weighted by atomic mass is 9.94. The third-order valence-corrected chi connectivity index (χ3v) is 7.27. The molecule has 158 valence electrons. The Kier molecular flexibility index (Phi) is 6.65. The Hall–Kier alpha value is -1.73. The predicted molar refractivity (Wildman–Crippen MR) is 115 cm³/mol. The average Bonchev–Trinajstić information content (AvgIpc) is 3.37. The number of carbonyl (C=O) groups is 1. The summed E-state index contributed by atoms with van der Waals surface area (Å²) in [7, 11) is 1.98. The van der Waals surface area contributed by atoms with E-state index < -0.39 is 0 Å². The number of likely N-dealkylation sites (tertiary alicyclic amines) is 2. The van der Waals surface area contributed by atoms with Gasteiger partial charge in [0.25, 0.3) is 5.91 Å². The molecule has 7 heteroatoms. The number of thioether (sulfide) groups is 1. The molecule has 0 spiro atoms. The van der Waals surface area contributed by atoms with Crippen LogP contribution in [0, 0.1) is 11.8 Å². The number of nitrogens with zero attached hydrogens (tertiary/aromatic N) is 4. The first-order valence-corrected chi connectivity index (χ1v) is 11.8. The minimum absolute atomic E-state index is 0.0372.